The van der Waals surface area contributed by atoms with E-state index in [1.165, 1.54) is 0 Å². The maximum Gasteiger partial charge on any atom is 0.180 e. The molecule has 2 atom stereocenters. The Labute approximate surface area is 73.6 Å². The molecule has 0 saturated heterocycles. The van der Waals surface area contributed by atoms with E-state index < -0.39 is 5.72 Å². The molecule has 12 heavy (non-hydrogen) atoms. The predicted octanol–water partition coefficient (Wildman–Crippen LogP) is 1.53. The molecule has 1 rings (SSSR count). The molecule has 0 radical (unpaired) electrons. The number of nitrogens with zero attached hydrogens (tertiary/aromatic N) is 2. The van der Waals surface area contributed by atoms with Crippen LogP contribution in [0.3, 0.4) is 0 Å². The van der Waals surface area contributed by atoms with Crippen LogP contribution in [0.1, 0.15) is 20.3 Å². The van der Waals surface area contributed by atoms with Gasteiger partial charge < -0.3 is 4.74 Å². The van der Waals surface area contributed by atoms with Crippen LogP contribution in [0.15, 0.2) is 9.98 Å². The van der Waals surface area contributed by atoms with Crippen molar-refractivity contribution < 1.29 is 4.74 Å². The van der Waals surface area contributed by atoms with E-state index in [0.717, 1.165) is 6.42 Å². The molecule has 0 aromatic heterocycles. The summed E-state index contributed by atoms with van der Waals surface area (Å²) >= 11 is 0. The van der Waals surface area contributed by atoms with Crippen LogP contribution < -0.4 is 0 Å². The van der Waals surface area contributed by atoms with E-state index in [1.54, 1.807) is 19.5 Å². The molecule has 0 fully saturated rings. The van der Waals surface area contributed by atoms with Crippen LogP contribution in [0.4, 0.5) is 0 Å². The van der Waals surface area contributed by atoms with Crippen molar-refractivity contribution in [3.63, 3.8) is 0 Å². The Morgan fingerprint density at radius 1 is 1.58 bits per heavy atom. The van der Waals surface area contributed by atoms with Gasteiger partial charge in [-0.25, -0.2) is 0 Å². The highest BCUT2D eigenvalue weighted by Crippen LogP contribution is 2.27. The highest BCUT2D eigenvalue weighted by molar-refractivity contribution is 6.16. The van der Waals surface area contributed by atoms with Crippen molar-refractivity contribution in [3.8, 4) is 0 Å². The van der Waals surface area contributed by atoms with Gasteiger partial charge in [-0.1, -0.05) is 13.8 Å². The average Bonchev–Trinajstić information content (AvgIpc) is 2.17. The molecule has 0 spiro atoms. The second kappa shape index (κ2) is 3.81. The van der Waals surface area contributed by atoms with Crippen LogP contribution in [-0.4, -0.2) is 31.8 Å². The summed E-state index contributed by atoms with van der Waals surface area (Å²) in [5.41, 5.74) is -0.399. The Balaban J connectivity index is 2.76. The molecule has 0 amide bonds. The number of hydrogen-bond donors (Lipinski definition) is 0. The molecular formula is C9H16N2O. The second-order valence-corrected chi connectivity index (χ2v) is 3.13. The van der Waals surface area contributed by atoms with E-state index in [0.29, 0.717) is 12.5 Å². The molecule has 0 saturated carbocycles. The maximum atomic E-state index is 5.42. The van der Waals surface area contributed by atoms with Crippen LogP contribution in [0.2, 0.25) is 0 Å². The summed E-state index contributed by atoms with van der Waals surface area (Å²) in [6, 6.07) is 0. The summed E-state index contributed by atoms with van der Waals surface area (Å²) in [6.45, 7) is 4.93. The number of aliphatic imine (C=N–C) groups is 2. The Hall–Kier alpha value is -0.700. The third-order valence-electron chi connectivity index (χ3n) is 2.52. The molecule has 0 N–H and O–H groups in total. The van der Waals surface area contributed by atoms with Crippen LogP contribution in [0.5, 0.6) is 0 Å². The first-order valence-electron chi connectivity index (χ1n) is 4.34. The molecule has 1 aliphatic heterocycles. The van der Waals surface area contributed by atoms with Gasteiger partial charge in [-0.15, -0.1) is 0 Å². The highest BCUT2D eigenvalue weighted by atomic mass is 16.5. The van der Waals surface area contributed by atoms with Crippen molar-refractivity contribution in [1.82, 2.24) is 0 Å². The van der Waals surface area contributed by atoms with Gasteiger partial charge in [-0.2, -0.15) is 0 Å². The van der Waals surface area contributed by atoms with Gasteiger partial charge in [0.25, 0.3) is 0 Å². The first-order valence-corrected chi connectivity index (χ1v) is 4.34. The Morgan fingerprint density at radius 3 is 2.75 bits per heavy atom. The van der Waals surface area contributed by atoms with E-state index in [-0.39, 0.29) is 0 Å². The molecule has 68 valence electrons. The van der Waals surface area contributed by atoms with Crippen molar-refractivity contribution in [2.45, 2.75) is 26.0 Å². The minimum atomic E-state index is -0.399. The summed E-state index contributed by atoms with van der Waals surface area (Å²) in [7, 11) is 1.70. The summed E-state index contributed by atoms with van der Waals surface area (Å²) in [5, 5.41) is 0. The lowest BCUT2D eigenvalue weighted by Crippen LogP contribution is -2.41. The van der Waals surface area contributed by atoms with Gasteiger partial charge in [0.1, 0.15) is 0 Å². The third kappa shape index (κ3) is 1.55. The van der Waals surface area contributed by atoms with E-state index in [1.807, 2.05) is 0 Å². The van der Waals surface area contributed by atoms with E-state index in [4.69, 9.17) is 4.74 Å². The van der Waals surface area contributed by atoms with Crippen molar-refractivity contribution in [2.24, 2.45) is 15.9 Å². The van der Waals surface area contributed by atoms with Gasteiger partial charge in [0.15, 0.2) is 5.72 Å². The number of methoxy groups -OCH3 is 1. The van der Waals surface area contributed by atoms with Gasteiger partial charge in [-0.05, 0) is 6.42 Å². The molecular weight excluding hydrogens is 152 g/mol. The number of hydrogen-bond acceptors (Lipinski definition) is 3. The summed E-state index contributed by atoms with van der Waals surface area (Å²) in [5.74, 6) is 0.413. The SMILES string of the molecule is CCC(C)C1(OC)CN=CC=N1. The van der Waals surface area contributed by atoms with Crippen LogP contribution >= 0.6 is 0 Å². The van der Waals surface area contributed by atoms with Crippen molar-refractivity contribution in [2.75, 3.05) is 13.7 Å². The minimum Gasteiger partial charge on any atom is -0.355 e. The summed E-state index contributed by atoms with van der Waals surface area (Å²) in [6.07, 6.45) is 4.50. The van der Waals surface area contributed by atoms with E-state index in [9.17, 15) is 0 Å². The fraction of sp³-hybridized carbons (Fsp3) is 0.778. The molecule has 3 heteroatoms. The zero-order valence-electron chi connectivity index (χ0n) is 7.95. The molecule has 1 aliphatic rings. The molecule has 1 heterocycles. The smallest absolute Gasteiger partial charge is 0.180 e. The van der Waals surface area contributed by atoms with Crippen molar-refractivity contribution in [3.05, 3.63) is 0 Å². The first kappa shape index (κ1) is 9.39. The standard InChI is InChI=1S/C9H16N2O/c1-4-8(2)9(12-3)7-10-5-6-11-9/h5-6,8H,4,7H2,1-3H3. The molecule has 0 aliphatic carbocycles. The van der Waals surface area contributed by atoms with Gasteiger partial charge in [-0.3, -0.25) is 9.98 Å². The predicted molar refractivity (Wildman–Crippen MR) is 51.0 cm³/mol. The monoisotopic (exact) mass is 168 g/mol. The highest BCUT2D eigenvalue weighted by Gasteiger charge is 2.34. The minimum absolute atomic E-state index is 0.399. The van der Waals surface area contributed by atoms with Crippen LogP contribution in [-0.2, 0) is 4.74 Å². The lowest BCUT2D eigenvalue weighted by molar-refractivity contribution is -0.0389. The Kier molecular flexibility index (Phi) is 2.98. The zero-order chi connectivity index (χ0) is 9.03. The summed E-state index contributed by atoms with van der Waals surface area (Å²) < 4.78 is 5.42. The summed E-state index contributed by atoms with van der Waals surface area (Å²) in [4.78, 5) is 8.52. The molecule has 2 unspecified atom stereocenters. The lowest BCUT2D eigenvalue weighted by Gasteiger charge is -2.33. The molecule has 3 nitrogen and oxygen atoms in total. The van der Waals surface area contributed by atoms with Gasteiger partial charge >= 0.3 is 0 Å². The third-order valence-corrected chi connectivity index (χ3v) is 2.52. The molecule has 0 aromatic carbocycles. The van der Waals surface area contributed by atoms with Gasteiger partial charge in [0.2, 0.25) is 0 Å². The largest absolute Gasteiger partial charge is 0.355 e. The van der Waals surface area contributed by atoms with Crippen LogP contribution in [0, 0.1) is 5.92 Å². The zero-order valence-corrected chi connectivity index (χ0v) is 7.95. The Bertz CT molecular complexity index is 201. The second-order valence-electron chi connectivity index (χ2n) is 3.13. The number of rotatable bonds is 3. The van der Waals surface area contributed by atoms with Gasteiger partial charge in [0, 0.05) is 25.5 Å². The van der Waals surface area contributed by atoms with Crippen molar-refractivity contribution >= 4 is 12.4 Å². The number of ether oxygens (including phenoxy) is 1. The maximum absolute atomic E-state index is 5.42. The van der Waals surface area contributed by atoms with Crippen molar-refractivity contribution in [1.29, 1.82) is 0 Å². The Morgan fingerprint density at radius 2 is 2.33 bits per heavy atom. The van der Waals surface area contributed by atoms with E-state index >= 15 is 0 Å². The normalized spacial score (nSPS) is 30.6. The molecule has 0 bridgehead atoms. The average molecular weight is 168 g/mol. The first-order chi connectivity index (χ1) is 5.75. The quantitative estimate of drug-likeness (QED) is 0.629. The van der Waals surface area contributed by atoms with Crippen LogP contribution in [0.25, 0.3) is 0 Å². The van der Waals surface area contributed by atoms with Gasteiger partial charge in [0.05, 0.1) is 6.54 Å². The lowest BCUT2D eigenvalue weighted by atomic mass is 9.95. The topological polar surface area (TPSA) is 34.0 Å². The molecule has 0 aromatic rings. The fourth-order valence-electron chi connectivity index (χ4n) is 1.35. The van der Waals surface area contributed by atoms with E-state index in [2.05, 4.69) is 23.8 Å². The fourth-order valence-corrected chi connectivity index (χ4v) is 1.35.